The van der Waals surface area contributed by atoms with Crippen molar-refractivity contribution in [3.05, 3.63) is 23.8 Å². The minimum atomic E-state index is -3.68. The summed E-state index contributed by atoms with van der Waals surface area (Å²) in [7, 11) is -2.18. The number of aliphatic hydroxyl groups is 1. The highest BCUT2D eigenvalue weighted by molar-refractivity contribution is 7.89. The van der Waals surface area contributed by atoms with Crippen LogP contribution in [0.15, 0.2) is 23.8 Å². The van der Waals surface area contributed by atoms with Gasteiger partial charge < -0.3 is 27.2 Å². The van der Waals surface area contributed by atoms with E-state index in [0.717, 1.165) is 12.0 Å². The van der Waals surface area contributed by atoms with Gasteiger partial charge in [-0.15, -0.1) is 0 Å². The summed E-state index contributed by atoms with van der Waals surface area (Å²) >= 11 is 0. The zero-order valence-electron chi connectivity index (χ0n) is 18.1. The molecule has 3 atom stereocenters. The lowest BCUT2D eigenvalue weighted by Gasteiger charge is -2.20. The molecular formula is C19H37N5O5S. The minimum absolute atomic E-state index is 0.128. The lowest BCUT2D eigenvalue weighted by molar-refractivity contribution is -0.129. The van der Waals surface area contributed by atoms with Crippen molar-refractivity contribution in [1.82, 2.24) is 15.4 Å². The standard InChI is InChI=1S/C18H32N4O5S.CH5N/c1-3-4-9-28(26,27)22-16(12-23)18(25)21-13(2)17(24)20-11-15-7-5-14(10-19)6-8-15;1-2/h5,7-8,13-14,16,22-23H,3-4,6,9-12,19H2,1-2H3,(H,20,24)(H,21,25);2H2,1H3/t13-,14?,16+;/m0./s1. The third kappa shape index (κ3) is 10.8. The lowest BCUT2D eigenvalue weighted by Crippen LogP contribution is -2.54. The molecular weight excluding hydrogens is 410 g/mol. The fourth-order valence-electron chi connectivity index (χ4n) is 2.52. The first kappa shape index (κ1) is 28.2. The predicted molar refractivity (Wildman–Crippen MR) is 118 cm³/mol. The second kappa shape index (κ2) is 15.1. The summed E-state index contributed by atoms with van der Waals surface area (Å²) in [6.07, 6.45) is 7.88. The Morgan fingerprint density at radius 1 is 1.30 bits per heavy atom. The zero-order chi connectivity index (χ0) is 23.2. The molecule has 0 saturated heterocycles. The Morgan fingerprint density at radius 2 is 1.97 bits per heavy atom. The largest absolute Gasteiger partial charge is 0.394 e. The van der Waals surface area contributed by atoms with Crippen molar-refractivity contribution in [2.45, 2.75) is 45.2 Å². The third-order valence-corrected chi connectivity index (χ3v) is 5.84. The minimum Gasteiger partial charge on any atom is -0.394 e. The predicted octanol–water partition coefficient (Wildman–Crippen LogP) is -1.28. The molecule has 174 valence electrons. The van der Waals surface area contributed by atoms with Gasteiger partial charge in [0.15, 0.2) is 0 Å². The fraction of sp³-hybridized carbons (Fsp3) is 0.684. The van der Waals surface area contributed by atoms with Gasteiger partial charge in [0.05, 0.1) is 12.4 Å². The molecule has 0 radical (unpaired) electrons. The van der Waals surface area contributed by atoms with Crippen molar-refractivity contribution in [3.63, 3.8) is 0 Å². The molecule has 0 spiro atoms. The normalized spacial score (nSPS) is 17.8. The van der Waals surface area contributed by atoms with Crippen molar-refractivity contribution >= 4 is 21.8 Å². The van der Waals surface area contributed by atoms with Crippen LogP contribution in [0.2, 0.25) is 0 Å². The van der Waals surface area contributed by atoms with Gasteiger partial charge in [0, 0.05) is 6.54 Å². The third-order valence-electron chi connectivity index (χ3n) is 4.37. The smallest absolute Gasteiger partial charge is 0.242 e. The van der Waals surface area contributed by atoms with Crippen LogP contribution in [-0.4, -0.2) is 69.9 Å². The van der Waals surface area contributed by atoms with E-state index in [-0.39, 0.29) is 5.75 Å². The molecule has 1 aliphatic carbocycles. The SMILES string of the molecule is CCCCS(=O)(=O)N[C@H](CO)C(=O)N[C@@H](C)C(=O)NCC1=CCC(CN)C=C1.CN. The van der Waals surface area contributed by atoms with E-state index in [9.17, 15) is 23.1 Å². The molecule has 0 aliphatic heterocycles. The summed E-state index contributed by atoms with van der Waals surface area (Å²) < 4.78 is 26.0. The van der Waals surface area contributed by atoms with Crippen molar-refractivity contribution in [2.75, 3.05) is 32.5 Å². The molecule has 0 bridgehead atoms. The van der Waals surface area contributed by atoms with Crippen molar-refractivity contribution in [3.8, 4) is 0 Å². The van der Waals surface area contributed by atoms with Gasteiger partial charge in [0.1, 0.15) is 12.1 Å². The second-order valence-electron chi connectivity index (χ2n) is 6.84. The van der Waals surface area contributed by atoms with Crippen LogP contribution in [0.4, 0.5) is 0 Å². The summed E-state index contributed by atoms with van der Waals surface area (Å²) in [5.41, 5.74) is 11.1. The monoisotopic (exact) mass is 447 g/mol. The van der Waals surface area contributed by atoms with E-state index >= 15 is 0 Å². The van der Waals surface area contributed by atoms with Gasteiger partial charge in [0.25, 0.3) is 0 Å². The first-order chi connectivity index (χ1) is 14.2. The summed E-state index contributed by atoms with van der Waals surface area (Å²) in [6.45, 7) is 3.53. The van der Waals surface area contributed by atoms with E-state index in [1.165, 1.54) is 14.0 Å². The van der Waals surface area contributed by atoms with Gasteiger partial charge in [-0.25, -0.2) is 13.1 Å². The number of nitrogens with two attached hydrogens (primary N) is 2. The van der Waals surface area contributed by atoms with Crippen molar-refractivity contribution < 1.29 is 23.1 Å². The highest BCUT2D eigenvalue weighted by Crippen LogP contribution is 2.14. The number of aliphatic hydroxyl groups excluding tert-OH is 1. The number of unbranched alkanes of at least 4 members (excludes halogenated alkanes) is 1. The van der Waals surface area contributed by atoms with Crippen molar-refractivity contribution in [1.29, 1.82) is 0 Å². The number of hydrogen-bond acceptors (Lipinski definition) is 7. The van der Waals surface area contributed by atoms with Crippen LogP contribution in [0.25, 0.3) is 0 Å². The Kier molecular flexibility index (Phi) is 14.2. The van der Waals surface area contributed by atoms with Gasteiger partial charge in [-0.05, 0) is 44.8 Å². The molecule has 0 heterocycles. The van der Waals surface area contributed by atoms with Gasteiger partial charge in [-0.1, -0.05) is 31.6 Å². The Balaban J connectivity index is 0.00000407. The Labute approximate surface area is 179 Å². The topological polar surface area (TPSA) is 177 Å². The van der Waals surface area contributed by atoms with Crippen LogP contribution < -0.4 is 26.8 Å². The average Bonchev–Trinajstić information content (AvgIpc) is 2.76. The van der Waals surface area contributed by atoms with Crippen LogP contribution in [0.1, 0.15) is 33.1 Å². The van der Waals surface area contributed by atoms with Crippen LogP contribution in [-0.2, 0) is 19.6 Å². The zero-order valence-corrected chi connectivity index (χ0v) is 18.9. The Morgan fingerprint density at radius 3 is 2.47 bits per heavy atom. The van der Waals surface area contributed by atoms with E-state index in [2.05, 4.69) is 21.1 Å². The number of carbonyl (C=O) groups is 2. The number of hydrogen-bond donors (Lipinski definition) is 6. The van der Waals surface area contributed by atoms with Gasteiger partial charge in [0.2, 0.25) is 21.8 Å². The number of rotatable bonds is 12. The first-order valence-electron chi connectivity index (χ1n) is 10.1. The molecule has 11 heteroatoms. The highest BCUT2D eigenvalue weighted by Gasteiger charge is 2.26. The molecule has 10 nitrogen and oxygen atoms in total. The highest BCUT2D eigenvalue weighted by atomic mass is 32.2. The number of amides is 2. The molecule has 0 fully saturated rings. The molecule has 2 amide bonds. The molecule has 0 aromatic carbocycles. The summed E-state index contributed by atoms with van der Waals surface area (Å²) in [5.74, 6) is -0.979. The Hall–Kier alpha value is -1.79. The van der Waals surface area contributed by atoms with Crippen LogP contribution in [0.3, 0.4) is 0 Å². The summed E-state index contributed by atoms with van der Waals surface area (Å²) in [5, 5.41) is 14.5. The molecule has 1 unspecified atom stereocenters. The van der Waals surface area contributed by atoms with Crippen LogP contribution >= 0.6 is 0 Å². The Bertz CT molecular complexity index is 693. The van der Waals surface area contributed by atoms with Gasteiger partial charge in [-0.3, -0.25) is 9.59 Å². The van der Waals surface area contributed by atoms with Gasteiger partial charge in [-0.2, -0.15) is 0 Å². The number of sulfonamides is 1. The number of carbonyl (C=O) groups excluding carboxylic acids is 2. The van der Waals surface area contributed by atoms with Crippen LogP contribution in [0.5, 0.6) is 0 Å². The van der Waals surface area contributed by atoms with E-state index in [1.807, 2.05) is 25.2 Å². The maximum atomic E-state index is 12.2. The lowest BCUT2D eigenvalue weighted by atomic mass is 9.97. The summed E-state index contributed by atoms with van der Waals surface area (Å²) in [6, 6.07) is -2.22. The van der Waals surface area contributed by atoms with Gasteiger partial charge >= 0.3 is 0 Å². The van der Waals surface area contributed by atoms with Crippen LogP contribution in [0, 0.1) is 5.92 Å². The molecule has 1 rings (SSSR count). The van der Waals surface area contributed by atoms with E-state index < -0.39 is 40.5 Å². The second-order valence-corrected chi connectivity index (χ2v) is 8.72. The molecule has 8 N–H and O–H groups in total. The maximum Gasteiger partial charge on any atom is 0.242 e. The quantitative estimate of drug-likeness (QED) is 0.216. The maximum absolute atomic E-state index is 12.2. The van der Waals surface area contributed by atoms with E-state index in [4.69, 9.17) is 5.73 Å². The molecule has 1 aliphatic rings. The van der Waals surface area contributed by atoms with Crippen molar-refractivity contribution in [2.24, 2.45) is 17.4 Å². The number of allylic oxidation sites excluding steroid dienone is 1. The molecule has 0 aromatic rings. The summed E-state index contributed by atoms with van der Waals surface area (Å²) in [4.78, 5) is 24.4. The molecule has 0 aromatic heterocycles. The molecule has 30 heavy (non-hydrogen) atoms. The first-order valence-corrected chi connectivity index (χ1v) is 11.7. The van der Waals surface area contributed by atoms with E-state index in [1.54, 1.807) is 0 Å². The average molecular weight is 448 g/mol. The molecule has 0 saturated carbocycles. The number of nitrogens with one attached hydrogen (secondary N) is 3. The fourth-order valence-corrected chi connectivity index (χ4v) is 3.92. The van der Waals surface area contributed by atoms with E-state index in [0.29, 0.717) is 31.8 Å².